The van der Waals surface area contributed by atoms with Gasteiger partial charge in [-0.05, 0) is 99.0 Å². The molecule has 0 aromatic carbocycles. The predicted molar refractivity (Wildman–Crippen MR) is 148 cm³/mol. The summed E-state index contributed by atoms with van der Waals surface area (Å²) in [7, 11) is 0. The molecule has 208 valence electrons. The Hall–Kier alpha value is -1.73. The summed E-state index contributed by atoms with van der Waals surface area (Å²) in [4.78, 5) is 32.1. The number of hydrogen-bond donors (Lipinski definition) is 2. The van der Waals surface area contributed by atoms with Gasteiger partial charge in [0.1, 0.15) is 0 Å². The molecule has 0 bridgehead atoms. The Morgan fingerprint density at radius 2 is 1.95 bits per heavy atom. The van der Waals surface area contributed by atoms with Crippen molar-refractivity contribution >= 4 is 17.6 Å². The van der Waals surface area contributed by atoms with E-state index in [9.17, 15) is 9.59 Å². The average molecular weight is 515 g/mol. The molecule has 0 aromatic rings. The van der Waals surface area contributed by atoms with Crippen molar-refractivity contribution in [3.8, 4) is 0 Å². The van der Waals surface area contributed by atoms with Crippen LogP contribution in [0.2, 0.25) is 0 Å². The Morgan fingerprint density at radius 1 is 1.16 bits per heavy atom. The number of amides is 1. The maximum Gasteiger partial charge on any atom is 0.436 e. The van der Waals surface area contributed by atoms with Crippen LogP contribution in [0, 0.1) is 40.4 Å². The maximum absolute atomic E-state index is 12.8. The highest BCUT2D eigenvalue weighted by Crippen LogP contribution is 2.66. The zero-order valence-electron chi connectivity index (χ0n) is 23.9. The van der Waals surface area contributed by atoms with Gasteiger partial charge in [-0.25, -0.2) is 4.79 Å². The van der Waals surface area contributed by atoms with Crippen LogP contribution >= 0.6 is 0 Å². The monoisotopic (exact) mass is 514 g/mol. The third kappa shape index (κ3) is 5.68. The van der Waals surface area contributed by atoms with Crippen molar-refractivity contribution in [3.05, 3.63) is 11.6 Å². The summed E-state index contributed by atoms with van der Waals surface area (Å²) in [5.41, 5.74) is 8.52. The Bertz CT molecular complexity index is 915. The van der Waals surface area contributed by atoms with Crippen LogP contribution in [0.15, 0.2) is 16.8 Å². The molecule has 0 aromatic heterocycles. The van der Waals surface area contributed by atoms with Crippen LogP contribution in [0.5, 0.6) is 0 Å². The molecule has 3 saturated carbocycles. The number of carbonyl (C=O) groups excluding carboxylic acids is 2. The number of ketones is 1. The van der Waals surface area contributed by atoms with Gasteiger partial charge in [-0.1, -0.05) is 38.4 Å². The standard InChI is InChI=1S/C30H50N4O3/c1-20(2)19-32-15-17-34(16-14-31)28(36)37-33-21(3)25-8-9-26-24-7-6-22-18-23(35)10-12-29(22,4)27(24)11-13-30(25,26)5/h18,20,24-27,32H,6-17,19,31H2,1-5H3/b33-21+/t24-,25+,26-,27-,29-,30+/m0/s1. The highest BCUT2D eigenvalue weighted by molar-refractivity contribution is 5.91. The lowest BCUT2D eigenvalue weighted by atomic mass is 9.46. The van der Waals surface area contributed by atoms with Crippen molar-refractivity contribution in [1.82, 2.24) is 10.2 Å². The maximum atomic E-state index is 12.8. The van der Waals surface area contributed by atoms with Gasteiger partial charge in [-0.3, -0.25) is 9.63 Å². The summed E-state index contributed by atoms with van der Waals surface area (Å²) in [6.07, 6.45) is 10.3. The molecule has 0 radical (unpaired) electrons. The minimum absolute atomic E-state index is 0.195. The van der Waals surface area contributed by atoms with Crippen LogP contribution in [0.25, 0.3) is 0 Å². The Kier molecular flexibility index (Phi) is 8.84. The summed E-state index contributed by atoms with van der Waals surface area (Å²) >= 11 is 0. The van der Waals surface area contributed by atoms with E-state index in [-0.39, 0.29) is 10.8 Å². The van der Waals surface area contributed by atoms with Gasteiger partial charge in [0.2, 0.25) is 0 Å². The molecule has 7 heteroatoms. The normalized spacial score (nSPS) is 35.5. The van der Waals surface area contributed by atoms with Gasteiger partial charge in [0, 0.05) is 38.5 Å². The second kappa shape index (κ2) is 11.6. The number of carbonyl (C=O) groups is 2. The molecule has 7 nitrogen and oxygen atoms in total. The average Bonchev–Trinajstić information content (AvgIpc) is 3.22. The fourth-order valence-electron chi connectivity index (χ4n) is 8.53. The van der Waals surface area contributed by atoms with Gasteiger partial charge < -0.3 is 16.0 Å². The third-order valence-electron chi connectivity index (χ3n) is 10.5. The molecular weight excluding hydrogens is 464 g/mol. The first-order chi connectivity index (χ1) is 17.6. The molecule has 0 aliphatic heterocycles. The van der Waals surface area contributed by atoms with Crippen molar-refractivity contribution in [2.24, 2.45) is 51.3 Å². The fraction of sp³-hybridized carbons (Fsp3) is 0.833. The van der Waals surface area contributed by atoms with E-state index < -0.39 is 6.09 Å². The number of allylic oxidation sites excluding steroid dienone is 1. The molecule has 6 atom stereocenters. The van der Waals surface area contributed by atoms with Crippen LogP contribution in [0.4, 0.5) is 4.79 Å². The molecule has 0 saturated heterocycles. The van der Waals surface area contributed by atoms with E-state index in [0.29, 0.717) is 68.0 Å². The summed E-state index contributed by atoms with van der Waals surface area (Å²) in [6, 6.07) is 0. The predicted octanol–water partition coefficient (Wildman–Crippen LogP) is 5.15. The van der Waals surface area contributed by atoms with Crippen LogP contribution in [0.3, 0.4) is 0 Å². The number of fused-ring (bicyclic) bond motifs is 5. The largest absolute Gasteiger partial charge is 0.436 e. The lowest BCUT2D eigenvalue weighted by Gasteiger charge is -2.58. The number of nitrogens with one attached hydrogen (secondary N) is 1. The van der Waals surface area contributed by atoms with Gasteiger partial charge in [-0.15, -0.1) is 0 Å². The Morgan fingerprint density at radius 3 is 2.68 bits per heavy atom. The molecule has 3 N–H and O–H groups in total. The highest BCUT2D eigenvalue weighted by atomic mass is 16.7. The minimum atomic E-state index is -0.411. The minimum Gasteiger partial charge on any atom is -0.329 e. The number of hydrogen-bond acceptors (Lipinski definition) is 6. The number of rotatable bonds is 9. The summed E-state index contributed by atoms with van der Waals surface area (Å²) in [6.45, 7) is 14.3. The fourth-order valence-corrected chi connectivity index (χ4v) is 8.53. The van der Waals surface area contributed by atoms with Gasteiger partial charge in [0.25, 0.3) is 0 Å². The van der Waals surface area contributed by atoms with Gasteiger partial charge in [-0.2, -0.15) is 0 Å². The zero-order valence-corrected chi connectivity index (χ0v) is 23.9. The van der Waals surface area contributed by atoms with Crippen molar-refractivity contribution in [2.75, 3.05) is 32.7 Å². The first-order valence-electron chi connectivity index (χ1n) is 14.7. The first-order valence-corrected chi connectivity index (χ1v) is 14.7. The lowest BCUT2D eigenvalue weighted by Crippen LogP contribution is -2.51. The van der Waals surface area contributed by atoms with Crippen LogP contribution < -0.4 is 11.1 Å². The highest BCUT2D eigenvalue weighted by Gasteiger charge is 2.59. The molecule has 4 rings (SSSR count). The van der Waals surface area contributed by atoms with E-state index in [0.717, 1.165) is 31.5 Å². The quantitative estimate of drug-likeness (QED) is 0.192. The molecule has 3 fully saturated rings. The van der Waals surface area contributed by atoms with E-state index >= 15 is 0 Å². The van der Waals surface area contributed by atoms with E-state index in [1.165, 1.54) is 31.3 Å². The van der Waals surface area contributed by atoms with Gasteiger partial charge in [0.05, 0.1) is 5.71 Å². The topological polar surface area (TPSA) is 97.0 Å². The lowest BCUT2D eigenvalue weighted by molar-refractivity contribution is -0.117. The third-order valence-corrected chi connectivity index (χ3v) is 10.5. The summed E-state index contributed by atoms with van der Waals surface area (Å²) in [5, 5.41) is 7.78. The van der Waals surface area contributed by atoms with Crippen LogP contribution in [-0.2, 0) is 9.63 Å². The Labute approximate surface area is 224 Å². The van der Waals surface area contributed by atoms with E-state index in [4.69, 9.17) is 10.6 Å². The van der Waals surface area contributed by atoms with Gasteiger partial charge in [0.15, 0.2) is 5.78 Å². The first kappa shape index (κ1) is 28.3. The van der Waals surface area contributed by atoms with Crippen LogP contribution in [0.1, 0.15) is 86.0 Å². The van der Waals surface area contributed by atoms with E-state index in [1.54, 1.807) is 4.90 Å². The number of nitrogens with zero attached hydrogens (tertiary/aromatic N) is 2. The number of nitrogens with two attached hydrogens (primary N) is 1. The second-order valence-corrected chi connectivity index (χ2v) is 13.1. The molecule has 4 aliphatic carbocycles. The molecule has 0 unspecified atom stereocenters. The summed E-state index contributed by atoms with van der Waals surface area (Å²) in [5.74, 6) is 3.31. The molecule has 0 spiro atoms. The molecule has 0 heterocycles. The summed E-state index contributed by atoms with van der Waals surface area (Å²) < 4.78 is 0. The number of oxime groups is 1. The van der Waals surface area contributed by atoms with Crippen LogP contribution in [-0.4, -0.2) is 55.2 Å². The molecule has 4 aliphatic rings. The van der Waals surface area contributed by atoms with Crippen molar-refractivity contribution in [3.63, 3.8) is 0 Å². The smallest absolute Gasteiger partial charge is 0.329 e. The second-order valence-electron chi connectivity index (χ2n) is 13.1. The Balaban J connectivity index is 1.39. The molecule has 37 heavy (non-hydrogen) atoms. The molecule has 1 amide bonds. The zero-order chi connectivity index (χ0) is 26.8. The van der Waals surface area contributed by atoms with Crippen molar-refractivity contribution < 1.29 is 14.4 Å². The molecular formula is C30H50N4O3. The van der Waals surface area contributed by atoms with E-state index in [2.05, 4.69) is 38.2 Å². The van der Waals surface area contributed by atoms with Crippen molar-refractivity contribution in [1.29, 1.82) is 0 Å². The van der Waals surface area contributed by atoms with Crippen molar-refractivity contribution in [2.45, 2.75) is 86.0 Å². The van der Waals surface area contributed by atoms with Gasteiger partial charge >= 0.3 is 6.09 Å². The van der Waals surface area contributed by atoms with E-state index in [1.807, 2.05) is 13.0 Å². The SMILES string of the molecule is C/C(=N\OC(=O)N(CCN)CCNCC(C)C)[C@H]1CC[C@H]2[C@@H]3CCC4=CC(=O)CC[C@]4(C)[C@H]3CC[C@]12C.